The third-order valence-corrected chi connectivity index (χ3v) is 7.09. The van der Waals surface area contributed by atoms with Crippen LogP contribution in [0.3, 0.4) is 0 Å². The van der Waals surface area contributed by atoms with E-state index >= 15 is 0 Å². The Morgan fingerprint density at radius 3 is 2.29 bits per heavy atom. The zero-order valence-electron chi connectivity index (χ0n) is 16.5. The van der Waals surface area contributed by atoms with E-state index in [1.54, 1.807) is 22.9 Å². The number of nitrogens with zero attached hydrogens (tertiary/aromatic N) is 2. The summed E-state index contributed by atoms with van der Waals surface area (Å²) in [5.41, 5.74) is 3.19. The van der Waals surface area contributed by atoms with Gasteiger partial charge in [-0.15, -0.1) is 0 Å². The van der Waals surface area contributed by atoms with Gasteiger partial charge in [-0.25, -0.2) is 0 Å². The molecule has 3 aromatic carbocycles. The van der Waals surface area contributed by atoms with Crippen LogP contribution >= 0.6 is 0 Å². The molecule has 0 bridgehead atoms. The van der Waals surface area contributed by atoms with E-state index in [1.165, 1.54) is 4.46 Å². The number of nitrogens with one attached hydrogen (secondary N) is 1. The Morgan fingerprint density at radius 2 is 1.58 bits per heavy atom. The summed E-state index contributed by atoms with van der Waals surface area (Å²) in [5.74, 6) is 0.873. The van der Waals surface area contributed by atoms with Crippen molar-refractivity contribution in [3.8, 4) is 22.8 Å². The van der Waals surface area contributed by atoms with Crippen LogP contribution in [0.2, 0.25) is 0 Å². The molecule has 152 valence electrons. The van der Waals surface area contributed by atoms with Crippen LogP contribution in [0.25, 0.3) is 17.1 Å². The molecule has 0 unspecified atom stereocenters. The number of hydrogen-bond donors (Lipinski definition) is 2. The van der Waals surface area contributed by atoms with Crippen LogP contribution in [-0.2, 0) is 6.42 Å². The summed E-state index contributed by atoms with van der Waals surface area (Å²) < 4.78 is 3.77. The Labute approximate surface area is 185 Å². The molecule has 5 nitrogen and oxygen atoms in total. The molecule has 0 aromatic heterocycles. The van der Waals surface area contributed by atoms with Crippen molar-refractivity contribution in [2.24, 2.45) is 0 Å². The summed E-state index contributed by atoms with van der Waals surface area (Å²) in [5, 5.41) is 9.64. The fourth-order valence-corrected chi connectivity index (χ4v) is 5.39. The van der Waals surface area contributed by atoms with Gasteiger partial charge in [0.2, 0.25) is 0 Å². The van der Waals surface area contributed by atoms with Crippen molar-refractivity contribution in [1.82, 2.24) is 14.5 Å². The molecule has 2 aliphatic heterocycles. The van der Waals surface area contributed by atoms with E-state index in [0.717, 1.165) is 21.4 Å². The van der Waals surface area contributed by atoms with E-state index < -0.39 is 0 Å². The summed E-state index contributed by atoms with van der Waals surface area (Å²) in [6.07, 6.45) is 2.30. The average molecular weight is 472 g/mol. The quantitative estimate of drug-likeness (QED) is 0.387. The molecule has 3 aromatic rings. The zero-order chi connectivity index (χ0) is 21.2. The van der Waals surface area contributed by atoms with Gasteiger partial charge >= 0.3 is 186 Å². The zero-order valence-corrected chi connectivity index (χ0v) is 18.2. The first kappa shape index (κ1) is 19.4. The molecule has 0 radical (unpaired) electrons. The number of aromatic hydroxyl groups is 1. The summed E-state index contributed by atoms with van der Waals surface area (Å²) in [6.45, 7) is 0. The van der Waals surface area contributed by atoms with Crippen LogP contribution < -0.4 is 14.6 Å². The topological polar surface area (TPSA) is 70.9 Å². The molecule has 0 fully saturated rings. The van der Waals surface area contributed by atoms with Gasteiger partial charge in [-0.3, -0.25) is 0 Å². The molecule has 0 amide bonds. The Bertz CT molecular complexity index is 1340. The van der Waals surface area contributed by atoms with Crippen molar-refractivity contribution in [3.63, 3.8) is 0 Å². The van der Waals surface area contributed by atoms with Gasteiger partial charge in [-0.05, 0) is 0 Å². The van der Waals surface area contributed by atoms with E-state index in [-0.39, 0.29) is 26.3 Å². The van der Waals surface area contributed by atoms with Crippen molar-refractivity contribution in [2.45, 2.75) is 6.42 Å². The summed E-state index contributed by atoms with van der Waals surface area (Å²) >= 11 is -0.0583. The molecule has 0 atom stereocenters. The molecule has 2 aliphatic rings. The number of aromatic nitrogens is 3. The van der Waals surface area contributed by atoms with E-state index in [9.17, 15) is 9.90 Å². The monoisotopic (exact) mass is 473 g/mol. The van der Waals surface area contributed by atoms with E-state index in [0.29, 0.717) is 17.9 Å². The van der Waals surface area contributed by atoms with E-state index in [1.807, 2.05) is 60.7 Å². The first-order valence-corrected chi connectivity index (χ1v) is 11.6. The fraction of sp³-hybridized carbons (Fsp3) is 0.0400. The summed E-state index contributed by atoms with van der Waals surface area (Å²) in [7, 11) is 0. The van der Waals surface area contributed by atoms with Crippen molar-refractivity contribution >= 4 is 24.0 Å². The summed E-state index contributed by atoms with van der Waals surface area (Å²) in [6, 6.07) is 27.1. The van der Waals surface area contributed by atoms with Gasteiger partial charge in [0, 0.05) is 0 Å². The normalized spacial score (nSPS) is 11.1. The van der Waals surface area contributed by atoms with Gasteiger partial charge in [-0.1, -0.05) is 0 Å². The first-order valence-electron chi connectivity index (χ1n) is 9.88. The minimum atomic E-state index is -0.0991. The first-order chi connectivity index (χ1) is 15.2. The van der Waals surface area contributed by atoms with Crippen LogP contribution in [0.1, 0.15) is 11.3 Å². The predicted octanol–water partition coefficient (Wildman–Crippen LogP) is 2.62. The molecule has 31 heavy (non-hydrogen) atoms. The number of phenols is 1. The molecule has 2 N–H and O–H groups in total. The Balaban J connectivity index is 1.65. The number of aromatic amines is 1. The number of fused-ring (bicyclic) bond motifs is 1. The van der Waals surface area contributed by atoms with E-state index in [2.05, 4.69) is 17.1 Å². The molecule has 0 spiro atoms. The Morgan fingerprint density at radius 1 is 0.903 bits per heavy atom. The van der Waals surface area contributed by atoms with Gasteiger partial charge in [0.05, 0.1) is 0 Å². The maximum absolute atomic E-state index is 13.2. The van der Waals surface area contributed by atoms with Gasteiger partial charge in [0.1, 0.15) is 0 Å². The van der Waals surface area contributed by atoms with Gasteiger partial charge in [0.25, 0.3) is 0 Å². The number of H-pyrrole nitrogens is 1. The molecular weight excluding hydrogens is 453 g/mol. The molecular formula is C25H19N3O2Se. The molecule has 0 saturated heterocycles. The van der Waals surface area contributed by atoms with E-state index in [4.69, 9.17) is 4.98 Å². The van der Waals surface area contributed by atoms with Gasteiger partial charge < -0.3 is 0 Å². The molecule has 6 heteroatoms. The molecule has 0 saturated carbocycles. The molecule has 5 rings (SSSR count). The standard InChI is InChI=1S/C25H19N3O2Se/c29-19-13-11-18(12-14-19)22-16-28-23(24(27-22)31-20-9-5-2-6-10-20)26-21(25(28)30)15-17-7-3-1-4-8-17/h1-14,16,27,29H,15H2. The number of benzene rings is 3. The second-order valence-corrected chi connectivity index (χ2v) is 9.45. The maximum atomic E-state index is 13.2. The number of imidazole rings is 1. The molecule has 0 aliphatic carbocycles. The van der Waals surface area contributed by atoms with Gasteiger partial charge in [-0.2, -0.15) is 0 Å². The van der Waals surface area contributed by atoms with Crippen molar-refractivity contribution in [3.05, 3.63) is 113 Å². The second-order valence-electron chi connectivity index (χ2n) is 7.18. The predicted molar refractivity (Wildman–Crippen MR) is 123 cm³/mol. The Hall–Kier alpha value is -3.60. The molecule has 2 heterocycles. The van der Waals surface area contributed by atoms with Crippen LogP contribution in [0.5, 0.6) is 5.75 Å². The van der Waals surface area contributed by atoms with Crippen molar-refractivity contribution in [1.29, 1.82) is 0 Å². The van der Waals surface area contributed by atoms with Crippen LogP contribution in [-0.4, -0.2) is 34.6 Å². The fourth-order valence-electron chi connectivity index (χ4n) is 3.45. The van der Waals surface area contributed by atoms with Crippen molar-refractivity contribution in [2.75, 3.05) is 0 Å². The third-order valence-electron chi connectivity index (χ3n) is 5.00. The van der Waals surface area contributed by atoms with Gasteiger partial charge in [0.15, 0.2) is 0 Å². The average Bonchev–Trinajstić information content (AvgIpc) is 3.11. The van der Waals surface area contributed by atoms with Crippen LogP contribution in [0.4, 0.5) is 0 Å². The number of hydrogen-bond acceptors (Lipinski definition) is 3. The second kappa shape index (κ2) is 8.26. The number of rotatable bonds is 5. The Kier molecular flexibility index (Phi) is 5.16. The minimum absolute atomic E-state index is 0.0583. The third kappa shape index (κ3) is 4.04. The SMILES string of the molecule is O=c1c(Cc2ccccc2)nc2c([Se]c3ccccc3)[nH]c(-c3ccc(O)cc3)cn1-2. The number of phenolic OH excluding ortho intramolecular Hbond substituents is 1. The van der Waals surface area contributed by atoms with Crippen LogP contribution in [0.15, 0.2) is 95.9 Å². The summed E-state index contributed by atoms with van der Waals surface area (Å²) in [4.78, 5) is 21.5. The van der Waals surface area contributed by atoms with Crippen LogP contribution in [0, 0.1) is 0 Å². The van der Waals surface area contributed by atoms with Crippen molar-refractivity contribution < 1.29 is 5.11 Å².